The van der Waals surface area contributed by atoms with Gasteiger partial charge in [0.2, 0.25) is 0 Å². The van der Waals surface area contributed by atoms with Crippen molar-refractivity contribution in [2.75, 3.05) is 6.61 Å². The molecule has 1 aromatic heterocycles. The number of hydrogen-bond donors (Lipinski definition) is 0. The largest absolute Gasteiger partial charge is 0.315 e. The Morgan fingerprint density at radius 2 is 2.21 bits per heavy atom. The van der Waals surface area contributed by atoms with Crippen LogP contribution in [-0.2, 0) is 10.9 Å². The summed E-state index contributed by atoms with van der Waals surface area (Å²) in [6.07, 6.45) is 6.12. The molecule has 0 aromatic carbocycles. The van der Waals surface area contributed by atoms with E-state index in [4.69, 9.17) is 6.42 Å². The minimum absolute atomic E-state index is 0.380. The second-order valence-corrected chi connectivity index (χ2v) is 2.53. The van der Waals surface area contributed by atoms with Crippen LogP contribution in [-0.4, -0.2) is 11.6 Å². The number of rotatable bonds is 3. The van der Waals surface area contributed by atoms with Gasteiger partial charge in [-0.25, -0.2) is 0 Å². The number of nitrogens with zero attached hydrogens (tertiary/aromatic N) is 1. The molecule has 1 rings (SSSR count). The van der Waals surface area contributed by atoms with Gasteiger partial charge in [0.1, 0.15) is 5.69 Å². The standard InChI is InChI=1S/C9H6F3NO/c1-2-7-3-4-8(13-5-7)9(10,11)6-14-12/h1,3-5H,6H2. The summed E-state index contributed by atoms with van der Waals surface area (Å²) >= 11 is 0. The van der Waals surface area contributed by atoms with Crippen molar-refractivity contribution < 1.29 is 18.2 Å². The molecule has 0 amide bonds. The zero-order valence-electron chi connectivity index (χ0n) is 7.01. The predicted octanol–water partition coefficient (Wildman–Crippen LogP) is 2.06. The second-order valence-electron chi connectivity index (χ2n) is 2.53. The maximum Gasteiger partial charge on any atom is 0.315 e. The third-order valence-electron chi connectivity index (χ3n) is 1.54. The fourth-order valence-electron chi connectivity index (χ4n) is 0.838. The van der Waals surface area contributed by atoms with Crippen LogP contribution < -0.4 is 0 Å². The highest BCUT2D eigenvalue weighted by Crippen LogP contribution is 2.26. The lowest BCUT2D eigenvalue weighted by Crippen LogP contribution is -2.20. The molecule has 0 saturated carbocycles. The van der Waals surface area contributed by atoms with Gasteiger partial charge in [-0.15, -0.1) is 6.42 Å². The summed E-state index contributed by atoms with van der Waals surface area (Å²) < 4.78 is 37.1. The van der Waals surface area contributed by atoms with E-state index >= 15 is 0 Å². The van der Waals surface area contributed by atoms with Crippen LogP contribution in [0.1, 0.15) is 11.3 Å². The summed E-state index contributed by atoms with van der Waals surface area (Å²) in [7, 11) is 0. The molecule has 0 aliphatic heterocycles. The van der Waals surface area contributed by atoms with Crippen LogP contribution in [0, 0.1) is 12.3 Å². The highest BCUT2D eigenvalue weighted by molar-refractivity contribution is 5.30. The van der Waals surface area contributed by atoms with E-state index in [1.165, 1.54) is 6.07 Å². The van der Waals surface area contributed by atoms with Crippen LogP contribution >= 0.6 is 0 Å². The molecule has 14 heavy (non-hydrogen) atoms. The maximum atomic E-state index is 12.9. The zero-order chi connectivity index (χ0) is 10.6. The molecule has 1 aromatic rings. The van der Waals surface area contributed by atoms with Crippen molar-refractivity contribution in [2.24, 2.45) is 0 Å². The minimum atomic E-state index is -3.44. The van der Waals surface area contributed by atoms with Crippen molar-refractivity contribution in [2.45, 2.75) is 5.92 Å². The van der Waals surface area contributed by atoms with E-state index in [0.29, 0.717) is 5.56 Å². The predicted molar refractivity (Wildman–Crippen MR) is 43.1 cm³/mol. The molecule has 0 aliphatic rings. The van der Waals surface area contributed by atoms with Crippen LogP contribution in [0.4, 0.5) is 13.3 Å². The normalized spacial score (nSPS) is 11.0. The topological polar surface area (TPSA) is 22.1 Å². The number of aromatic nitrogens is 1. The minimum Gasteiger partial charge on any atom is -0.254 e. The van der Waals surface area contributed by atoms with Gasteiger partial charge in [-0.2, -0.15) is 13.7 Å². The van der Waals surface area contributed by atoms with Gasteiger partial charge in [0.15, 0.2) is 6.61 Å². The molecule has 0 bridgehead atoms. The van der Waals surface area contributed by atoms with Crippen LogP contribution in [0.2, 0.25) is 0 Å². The van der Waals surface area contributed by atoms with Gasteiger partial charge >= 0.3 is 5.92 Å². The lowest BCUT2D eigenvalue weighted by Gasteiger charge is -2.12. The van der Waals surface area contributed by atoms with Gasteiger partial charge < -0.3 is 0 Å². The number of terminal acetylenes is 1. The first-order valence-corrected chi connectivity index (χ1v) is 3.64. The molecular formula is C9H6F3NO. The summed E-state index contributed by atoms with van der Waals surface area (Å²) in [6.45, 7) is -1.35. The van der Waals surface area contributed by atoms with Crippen molar-refractivity contribution in [3.63, 3.8) is 0 Å². The summed E-state index contributed by atoms with van der Waals surface area (Å²) in [4.78, 5) is 6.29. The van der Waals surface area contributed by atoms with Crippen LogP contribution in [0.25, 0.3) is 0 Å². The summed E-state index contributed by atoms with van der Waals surface area (Å²) in [5.41, 5.74) is -0.195. The highest BCUT2D eigenvalue weighted by atomic mass is 19.3. The average molecular weight is 201 g/mol. The van der Waals surface area contributed by atoms with Gasteiger partial charge in [-0.1, -0.05) is 5.92 Å². The molecule has 74 valence electrons. The van der Waals surface area contributed by atoms with Crippen molar-refractivity contribution in [3.8, 4) is 12.3 Å². The van der Waals surface area contributed by atoms with Crippen molar-refractivity contribution >= 4 is 0 Å². The first kappa shape index (κ1) is 10.5. The first-order chi connectivity index (χ1) is 6.60. The molecule has 0 unspecified atom stereocenters. The second kappa shape index (κ2) is 4.11. The van der Waals surface area contributed by atoms with Gasteiger partial charge in [0, 0.05) is 11.8 Å². The third-order valence-corrected chi connectivity index (χ3v) is 1.54. The number of halogens is 3. The van der Waals surface area contributed by atoms with Gasteiger partial charge in [0.05, 0.1) is 0 Å². The van der Waals surface area contributed by atoms with E-state index in [1.807, 2.05) is 0 Å². The lowest BCUT2D eigenvalue weighted by atomic mass is 10.2. The molecule has 2 nitrogen and oxygen atoms in total. The highest BCUT2D eigenvalue weighted by Gasteiger charge is 2.34. The van der Waals surface area contributed by atoms with E-state index in [-0.39, 0.29) is 0 Å². The Kier molecular flexibility index (Phi) is 3.10. The Labute approximate surface area is 78.6 Å². The van der Waals surface area contributed by atoms with E-state index in [0.717, 1.165) is 12.3 Å². The molecule has 0 fully saturated rings. The molecule has 5 heteroatoms. The van der Waals surface area contributed by atoms with E-state index in [2.05, 4.69) is 15.8 Å². The van der Waals surface area contributed by atoms with Crippen molar-refractivity contribution in [3.05, 3.63) is 29.6 Å². The number of alkyl halides is 2. The van der Waals surface area contributed by atoms with Gasteiger partial charge in [0.25, 0.3) is 0 Å². The number of hydrogen-bond acceptors (Lipinski definition) is 2. The summed E-state index contributed by atoms with van der Waals surface area (Å²) in [6, 6.07) is 2.34. The van der Waals surface area contributed by atoms with Gasteiger partial charge in [-0.05, 0) is 16.7 Å². The van der Waals surface area contributed by atoms with Gasteiger partial charge in [-0.3, -0.25) is 4.98 Å². The van der Waals surface area contributed by atoms with Crippen LogP contribution in [0.5, 0.6) is 0 Å². The molecule has 0 atom stereocenters. The fourth-order valence-corrected chi connectivity index (χ4v) is 0.838. The van der Waals surface area contributed by atoms with Crippen molar-refractivity contribution in [1.82, 2.24) is 4.98 Å². The Bertz CT molecular complexity index is 342. The van der Waals surface area contributed by atoms with E-state index < -0.39 is 18.2 Å². The Morgan fingerprint density at radius 1 is 1.50 bits per heavy atom. The lowest BCUT2D eigenvalue weighted by molar-refractivity contribution is -0.203. The van der Waals surface area contributed by atoms with E-state index in [1.54, 1.807) is 0 Å². The maximum absolute atomic E-state index is 12.9. The van der Waals surface area contributed by atoms with Crippen LogP contribution in [0.15, 0.2) is 18.3 Å². The fraction of sp³-hybridized carbons (Fsp3) is 0.222. The summed E-state index contributed by atoms with van der Waals surface area (Å²) in [5, 5.41) is 0. The molecule has 1 heterocycles. The average Bonchev–Trinajstić information content (AvgIpc) is 2.18. The monoisotopic (exact) mass is 201 g/mol. The molecule has 0 radical (unpaired) electrons. The molecule has 0 N–H and O–H groups in total. The SMILES string of the molecule is C#Cc1ccc(C(F)(F)COF)nc1. The quantitative estimate of drug-likeness (QED) is 0.698. The molecule has 0 spiro atoms. The summed E-state index contributed by atoms with van der Waals surface area (Å²) in [5.74, 6) is -1.22. The molecular weight excluding hydrogens is 195 g/mol. The third kappa shape index (κ3) is 2.24. The zero-order valence-corrected chi connectivity index (χ0v) is 7.01. The first-order valence-electron chi connectivity index (χ1n) is 3.64. The number of pyridine rings is 1. The van der Waals surface area contributed by atoms with Crippen molar-refractivity contribution in [1.29, 1.82) is 0 Å². The Balaban J connectivity index is 2.92. The smallest absolute Gasteiger partial charge is 0.254 e. The van der Waals surface area contributed by atoms with Crippen LogP contribution in [0.3, 0.4) is 0 Å². The molecule has 0 aliphatic carbocycles. The Morgan fingerprint density at radius 3 is 2.64 bits per heavy atom. The molecule has 0 saturated heterocycles. The van der Waals surface area contributed by atoms with E-state index in [9.17, 15) is 13.3 Å². The Hall–Kier alpha value is -1.54.